The summed E-state index contributed by atoms with van der Waals surface area (Å²) < 4.78 is 1.75. The monoisotopic (exact) mass is 270 g/mol. The van der Waals surface area contributed by atoms with Gasteiger partial charge in [0.2, 0.25) is 0 Å². The topological polar surface area (TPSA) is 64.2 Å². The number of rotatable bonds is 2. The molecular formula is C15H18N4O. The summed E-state index contributed by atoms with van der Waals surface area (Å²) in [6.07, 6.45) is 4.28. The number of nitrogens with two attached hydrogens (primary N) is 1. The van der Waals surface area contributed by atoms with E-state index < -0.39 is 0 Å². The smallest absolute Gasteiger partial charge is 0.257 e. The first-order chi connectivity index (χ1) is 9.65. The summed E-state index contributed by atoms with van der Waals surface area (Å²) >= 11 is 0. The standard InChI is InChI=1S/C15H18N4O/c1-11-4-2-3-5-14(11)19-9-12(8-17-19)15(20)18-7-6-13(16)10-18/h2-5,8-9,13H,6-7,10,16H2,1H3/t13-/m1/s1. The lowest BCUT2D eigenvalue weighted by Gasteiger charge is -2.14. The van der Waals surface area contributed by atoms with Crippen molar-refractivity contribution in [2.45, 2.75) is 19.4 Å². The molecule has 0 aliphatic carbocycles. The minimum Gasteiger partial charge on any atom is -0.337 e. The summed E-state index contributed by atoms with van der Waals surface area (Å²) in [6, 6.07) is 8.07. The van der Waals surface area contributed by atoms with Crippen LogP contribution in [0.3, 0.4) is 0 Å². The summed E-state index contributed by atoms with van der Waals surface area (Å²) in [5.41, 5.74) is 8.57. The average molecular weight is 270 g/mol. The Morgan fingerprint density at radius 3 is 2.90 bits per heavy atom. The van der Waals surface area contributed by atoms with E-state index >= 15 is 0 Å². The average Bonchev–Trinajstić information content (AvgIpc) is 3.07. The molecule has 3 rings (SSSR count). The molecule has 1 aromatic heterocycles. The Morgan fingerprint density at radius 1 is 1.40 bits per heavy atom. The fourth-order valence-corrected chi connectivity index (χ4v) is 2.54. The van der Waals surface area contributed by atoms with E-state index in [1.165, 1.54) is 0 Å². The van der Waals surface area contributed by atoms with Gasteiger partial charge in [0.05, 0.1) is 17.4 Å². The normalized spacial score (nSPS) is 18.5. The molecule has 1 aliphatic heterocycles. The van der Waals surface area contributed by atoms with Crippen LogP contribution in [-0.4, -0.2) is 39.7 Å². The van der Waals surface area contributed by atoms with Gasteiger partial charge in [0.15, 0.2) is 0 Å². The molecule has 0 spiro atoms. The molecule has 1 atom stereocenters. The van der Waals surface area contributed by atoms with E-state index in [4.69, 9.17) is 5.73 Å². The van der Waals surface area contributed by atoms with Crippen LogP contribution in [0.2, 0.25) is 0 Å². The van der Waals surface area contributed by atoms with Crippen LogP contribution in [0.4, 0.5) is 0 Å². The highest BCUT2D eigenvalue weighted by atomic mass is 16.2. The van der Waals surface area contributed by atoms with E-state index in [2.05, 4.69) is 5.10 Å². The first-order valence-electron chi connectivity index (χ1n) is 6.80. The van der Waals surface area contributed by atoms with Crippen molar-refractivity contribution in [2.75, 3.05) is 13.1 Å². The molecule has 1 saturated heterocycles. The summed E-state index contributed by atoms with van der Waals surface area (Å²) in [5, 5.41) is 4.30. The maximum atomic E-state index is 12.3. The summed E-state index contributed by atoms with van der Waals surface area (Å²) in [6.45, 7) is 3.39. The largest absolute Gasteiger partial charge is 0.337 e. The molecule has 0 saturated carbocycles. The molecule has 1 fully saturated rings. The quantitative estimate of drug-likeness (QED) is 0.896. The van der Waals surface area contributed by atoms with Crippen LogP contribution in [-0.2, 0) is 0 Å². The number of carbonyl (C=O) groups excluding carboxylic acids is 1. The van der Waals surface area contributed by atoms with Crippen molar-refractivity contribution in [3.63, 3.8) is 0 Å². The fraction of sp³-hybridized carbons (Fsp3) is 0.333. The third kappa shape index (κ3) is 2.32. The van der Waals surface area contributed by atoms with Gasteiger partial charge in [-0.3, -0.25) is 4.79 Å². The van der Waals surface area contributed by atoms with Crippen LogP contribution < -0.4 is 5.73 Å². The number of carbonyl (C=O) groups is 1. The van der Waals surface area contributed by atoms with Crippen LogP contribution in [0.1, 0.15) is 22.3 Å². The zero-order valence-electron chi connectivity index (χ0n) is 11.5. The highest BCUT2D eigenvalue weighted by Crippen LogP contribution is 2.16. The molecule has 0 bridgehead atoms. The first kappa shape index (κ1) is 12.9. The van der Waals surface area contributed by atoms with Gasteiger partial charge in [-0.1, -0.05) is 18.2 Å². The molecule has 2 N–H and O–H groups in total. The summed E-state index contributed by atoms with van der Waals surface area (Å²) in [7, 11) is 0. The Labute approximate surface area is 118 Å². The first-order valence-corrected chi connectivity index (χ1v) is 6.80. The second-order valence-electron chi connectivity index (χ2n) is 5.26. The third-order valence-electron chi connectivity index (χ3n) is 3.70. The minimum absolute atomic E-state index is 0.0118. The molecule has 104 valence electrons. The van der Waals surface area contributed by atoms with Crippen molar-refractivity contribution in [2.24, 2.45) is 5.73 Å². The van der Waals surface area contributed by atoms with Crippen molar-refractivity contribution >= 4 is 5.91 Å². The molecule has 5 nitrogen and oxygen atoms in total. The van der Waals surface area contributed by atoms with Crippen LogP contribution >= 0.6 is 0 Å². The Morgan fingerprint density at radius 2 is 2.20 bits per heavy atom. The minimum atomic E-state index is 0.0118. The molecule has 0 unspecified atom stereocenters. The van der Waals surface area contributed by atoms with Gasteiger partial charge in [0, 0.05) is 25.3 Å². The Kier molecular flexibility index (Phi) is 3.28. The van der Waals surface area contributed by atoms with Gasteiger partial charge >= 0.3 is 0 Å². The number of amides is 1. The molecule has 2 aromatic rings. The second-order valence-corrected chi connectivity index (χ2v) is 5.26. The fourth-order valence-electron chi connectivity index (χ4n) is 2.54. The van der Waals surface area contributed by atoms with Gasteiger partial charge in [-0.25, -0.2) is 4.68 Å². The van der Waals surface area contributed by atoms with E-state index in [-0.39, 0.29) is 11.9 Å². The van der Waals surface area contributed by atoms with Crippen LogP contribution in [0.25, 0.3) is 5.69 Å². The lowest BCUT2D eigenvalue weighted by atomic mass is 10.2. The number of aromatic nitrogens is 2. The van der Waals surface area contributed by atoms with Gasteiger partial charge in [0.1, 0.15) is 0 Å². The second kappa shape index (κ2) is 5.09. The van der Waals surface area contributed by atoms with Gasteiger partial charge in [-0.15, -0.1) is 0 Å². The van der Waals surface area contributed by atoms with Gasteiger partial charge < -0.3 is 10.6 Å². The van der Waals surface area contributed by atoms with Crippen LogP contribution in [0.15, 0.2) is 36.7 Å². The van der Waals surface area contributed by atoms with Crippen molar-refractivity contribution < 1.29 is 4.79 Å². The Hall–Kier alpha value is -2.14. The number of hydrogen-bond donors (Lipinski definition) is 1. The molecule has 20 heavy (non-hydrogen) atoms. The molecule has 1 aromatic carbocycles. The maximum Gasteiger partial charge on any atom is 0.257 e. The van der Waals surface area contributed by atoms with Crippen molar-refractivity contribution in [1.29, 1.82) is 0 Å². The van der Waals surface area contributed by atoms with Crippen molar-refractivity contribution in [3.05, 3.63) is 47.8 Å². The van der Waals surface area contributed by atoms with E-state index in [9.17, 15) is 4.79 Å². The number of nitrogens with zero attached hydrogens (tertiary/aromatic N) is 3. The Balaban J connectivity index is 1.84. The highest BCUT2D eigenvalue weighted by molar-refractivity contribution is 5.94. The zero-order valence-corrected chi connectivity index (χ0v) is 11.5. The molecular weight excluding hydrogens is 252 g/mol. The molecule has 0 radical (unpaired) electrons. The number of para-hydroxylation sites is 1. The number of aryl methyl sites for hydroxylation is 1. The predicted molar refractivity (Wildman–Crippen MR) is 76.8 cm³/mol. The number of benzene rings is 1. The summed E-state index contributed by atoms with van der Waals surface area (Å²) in [5.74, 6) is 0.0118. The molecule has 5 heteroatoms. The van der Waals surface area contributed by atoms with Gasteiger partial charge in [-0.05, 0) is 25.0 Å². The SMILES string of the molecule is Cc1ccccc1-n1cc(C(=O)N2CC[C@@H](N)C2)cn1. The molecule has 2 heterocycles. The van der Waals surface area contributed by atoms with E-state index in [0.717, 1.165) is 24.2 Å². The van der Waals surface area contributed by atoms with E-state index in [1.54, 1.807) is 22.0 Å². The van der Waals surface area contributed by atoms with Crippen LogP contribution in [0, 0.1) is 6.92 Å². The van der Waals surface area contributed by atoms with E-state index in [0.29, 0.717) is 12.1 Å². The maximum absolute atomic E-state index is 12.3. The van der Waals surface area contributed by atoms with Crippen LogP contribution in [0.5, 0.6) is 0 Å². The summed E-state index contributed by atoms with van der Waals surface area (Å²) in [4.78, 5) is 14.1. The lowest BCUT2D eigenvalue weighted by molar-refractivity contribution is 0.0791. The van der Waals surface area contributed by atoms with Gasteiger partial charge in [-0.2, -0.15) is 5.10 Å². The predicted octanol–water partition coefficient (Wildman–Crippen LogP) is 1.35. The lowest BCUT2D eigenvalue weighted by Crippen LogP contribution is -2.31. The van der Waals surface area contributed by atoms with Crippen molar-refractivity contribution in [1.82, 2.24) is 14.7 Å². The number of hydrogen-bond acceptors (Lipinski definition) is 3. The van der Waals surface area contributed by atoms with E-state index in [1.807, 2.05) is 31.2 Å². The highest BCUT2D eigenvalue weighted by Gasteiger charge is 2.25. The van der Waals surface area contributed by atoms with Gasteiger partial charge in [0.25, 0.3) is 5.91 Å². The van der Waals surface area contributed by atoms with Crippen molar-refractivity contribution in [3.8, 4) is 5.69 Å². The zero-order chi connectivity index (χ0) is 14.1. The Bertz CT molecular complexity index is 634. The number of likely N-dealkylation sites (tertiary alicyclic amines) is 1. The third-order valence-corrected chi connectivity index (χ3v) is 3.70. The molecule has 1 amide bonds. The molecule has 1 aliphatic rings.